The van der Waals surface area contributed by atoms with Crippen LogP contribution in [0.25, 0.3) is 0 Å². The van der Waals surface area contributed by atoms with Crippen LogP contribution in [-0.4, -0.2) is 10.9 Å². The lowest BCUT2D eigenvalue weighted by molar-refractivity contribution is -0.113. The average Bonchev–Trinajstić information content (AvgIpc) is 2.30. The molecule has 12 heavy (non-hydrogen) atoms. The van der Waals surface area contributed by atoms with Gasteiger partial charge in [-0.3, -0.25) is 4.79 Å². The van der Waals surface area contributed by atoms with Gasteiger partial charge in [0.05, 0.1) is 5.76 Å². The minimum atomic E-state index is -0.0174. The van der Waals surface area contributed by atoms with Gasteiger partial charge in [-0.2, -0.15) is 0 Å². The van der Waals surface area contributed by atoms with Crippen LogP contribution in [0.2, 0.25) is 0 Å². The fourth-order valence-electron chi connectivity index (χ4n) is 1.49. The molecule has 1 aliphatic rings. The summed E-state index contributed by atoms with van der Waals surface area (Å²) in [5, 5.41) is 9.40. The van der Waals surface area contributed by atoms with Crippen LogP contribution in [0.3, 0.4) is 0 Å². The molecule has 1 atom stereocenters. The van der Waals surface area contributed by atoms with Crippen molar-refractivity contribution in [2.75, 3.05) is 0 Å². The summed E-state index contributed by atoms with van der Waals surface area (Å²) in [7, 11) is 0. The van der Waals surface area contributed by atoms with Crippen LogP contribution >= 0.6 is 0 Å². The SMILES string of the molecule is C=C(C)[C@@H]1CC(O)=C(C(C)=O)C1. The number of allylic oxidation sites excluding steroid dienone is 3. The molecule has 0 bridgehead atoms. The topological polar surface area (TPSA) is 37.3 Å². The highest BCUT2D eigenvalue weighted by molar-refractivity contribution is 5.94. The lowest BCUT2D eigenvalue weighted by Gasteiger charge is -2.06. The first-order chi connectivity index (χ1) is 5.52. The molecule has 1 rings (SSSR count). The maximum Gasteiger partial charge on any atom is 0.159 e. The third-order valence-corrected chi connectivity index (χ3v) is 2.36. The van der Waals surface area contributed by atoms with E-state index in [0.29, 0.717) is 18.4 Å². The van der Waals surface area contributed by atoms with E-state index in [1.807, 2.05) is 6.92 Å². The van der Waals surface area contributed by atoms with Crippen LogP contribution in [-0.2, 0) is 4.79 Å². The van der Waals surface area contributed by atoms with E-state index >= 15 is 0 Å². The molecule has 0 aliphatic heterocycles. The number of hydrogen-bond acceptors (Lipinski definition) is 2. The Bertz CT molecular complexity index is 261. The summed E-state index contributed by atoms with van der Waals surface area (Å²) < 4.78 is 0. The Kier molecular flexibility index (Phi) is 2.36. The molecule has 2 nitrogen and oxygen atoms in total. The van der Waals surface area contributed by atoms with E-state index in [2.05, 4.69) is 6.58 Å². The first-order valence-electron chi connectivity index (χ1n) is 4.09. The van der Waals surface area contributed by atoms with Crippen LogP contribution < -0.4 is 0 Å². The summed E-state index contributed by atoms with van der Waals surface area (Å²) in [5.74, 6) is 0.510. The zero-order valence-electron chi connectivity index (χ0n) is 7.55. The Labute approximate surface area is 72.6 Å². The van der Waals surface area contributed by atoms with Crippen LogP contribution in [0.1, 0.15) is 26.7 Å². The highest BCUT2D eigenvalue weighted by Gasteiger charge is 2.26. The number of carbonyl (C=O) groups excluding carboxylic acids is 1. The lowest BCUT2D eigenvalue weighted by atomic mass is 9.97. The normalized spacial score (nSPS) is 23.0. The van der Waals surface area contributed by atoms with E-state index in [-0.39, 0.29) is 17.5 Å². The Morgan fingerprint density at radius 3 is 2.33 bits per heavy atom. The van der Waals surface area contributed by atoms with Crippen molar-refractivity contribution in [2.45, 2.75) is 26.7 Å². The first-order valence-corrected chi connectivity index (χ1v) is 4.09. The number of Topliss-reactive ketones (excluding diaryl/α,β-unsaturated/α-hetero) is 1. The van der Waals surface area contributed by atoms with E-state index in [9.17, 15) is 9.90 Å². The molecule has 0 radical (unpaired) electrons. The number of ketones is 1. The van der Waals surface area contributed by atoms with Gasteiger partial charge >= 0.3 is 0 Å². The molecule has 0 saturated carbocycles. The molecule has 0 aromatic carbocycles. The summed E-state index contributed by atoms with van der Waals surface area (Å²) in [5.41, 5.74) is 1.63. The highest BCUT2D eigenvalue weighted by Crippen LogP contribution is 2.34. The molecule has 66 valence electrons. The van der Waals surface area contributed by atoms with Crippen molar-refractivity contribution in [2.24, 2.45) is 5.92 Å². The van der Waals surface area contributed by atoms with Crippen molar-refractivity contribution in [1.82, 2.24) is 0 Å². The molecule has 1 N–H and O–H groups in total. The Hall–Kier alpha value is -1.05. The summed E-state index contributed by atoms with van der Waals surface area (Å²) in [6.07, 6.45) is 1.25. The van der Waals surface area contributed by atoms with Crippen molar-refractivity contribution in [3.05, 3.63) is 23.5 Å². The van der Waals surface area contributed by atoms with Gasteiger partial charge in [-0.15, -0.1) is 0 Å². The first kappa shape index (κ1) is 9.04. The zero-order valence-corrected chi connectivity index (χ0v) is 7.55. The van der Waals surface area contributed by atoms with Gasteiger partial charge < -0.3 is 5.11 Å². The summed E-state index contributed by atoms with van der Waals surface area (Å²) >= 11 is 0. The van der Waals surface area contributed by atoms with E-state index in [0.717, 1.165) is 5.57 Å². The quantitative estimate of drug-likeness (QED) is 0.639. The minimum Gasteiger partial charge on any atom is -0.512 e. The maximum absolute atomic E-state index is 11.0. The van der Waals surface area contributed by atoms with Crippen LogP contribution in [0, 0.1) is 5.92 Å². The molecule has 0 saturated heterocycles. The highest BCUT2D eigenvalue weighted by atomic mass is 16.3. The van der Waals surface area contributed by atoms with Crippen molar-refractivity contribution in [1.29, 1.82) is 0 Å². The average molecular weight is 166 g/mol. The van der Waals surface area contributed by atoms with Crippen molar-refractivity contribution in [3.63, 3.8) is 0 Å². The molecule has 0 aromatic rings. The molecular weight excluding hydrogens is 152 g/mol. The van der Waals surface area contributed by atoms with Crippen LogP contribution in [0.5, 0.6) is 0 Å². The van der Waals surface area contributed by atoms with Crippen molar-refractivity contribution < 1.29 is 9.90 Å². The molecule has 0 amide bonds. The van der Waals surface area contributed by atoms with Gasteiger partial charge in [-0.05, 0) is 26.2 Å². The monoisotopic (exact) mass is 166 g/mol. The third kappa shape index (κ3) is 1.58. The second kappa shape index (κ2) is 3.13. The smallest absolute Gasteiger partial charge is 0.159 e. The van der Waals surface area contributed by atoms with E-state index < -0.39 is 0 Å². The summed E-state index contributed by atoms with van der Waals surface area (Å²) in [4.78, 5) is 11.0. The second-order valence-corrected chi connectivity index (χ2v) is 3.43. The van der Waals surface area contributed by atoms with Gasteiger partial charge in [0, 0.05) is 12.0 Å². The molecule has 0 heterocycles. The Morgan fingerprint density at radius 2 is 2.08 bits per heavy atom. The molecule has 2 heteroatoms. The largest absolute Gasteiger partial charge is 0.512 e. The molecular formula is C10H14O2. The van der Waals surface area contributed by atoms with Gasteiger partial charge in [0.1, 0.15) is 0 Å². The fraction of sp³-hybridized carbons (Fsp3) is 0.500. The number of aliphatic hydroxyl groups is 1. The third-order valence-electron chi connectivity index (χ3n) is 2.36. The fourth-order valence-corrected chi connectivity index (χ4v) is 1.49. The van der Waals surface area contributed by atoms with Gasteiger partial charge in [0.2, 0.25) is 0 Å². The molecule has 0 aromatic heterocycles. The number of hydrogen-bond donors (Lipinski definition) is 1. The number of carbonyl (C=O) groups is 1. The Balaban J connectivity index is 2.74. The molecule has 0 fully saturated rings. The van der Waals surface area contributed by atoms with Gasteiger partial charge in [0.25, 0.3) is 0 Å². The standard InChI is InChI=1S/C10H14O2/c1-6(2)8-4-9(7(3)11)10(12)5-8/h8,12H,1,4-5H2,2-3H3/t8-/m0/s1. The lowest BCUT2D eigenvalue weighted by Crippen LogP contribution is -1.99. The van der Waals surface area contributed by atoms with Crippen molar-refractivity contribution >= 4 is 5.78 Å². The zero-order chi connectivity index (χ0) is 9.30. The van der Waals surface area contributed by atoms with Crippen molar-refractivity contribution in [3.8, 4) is 0 Å². The number of aliphatic hydroxyl groups excluding tert-OH is 1. The number of rotatable bonds is 2. The summed E-state index contributed by atoms with van der Waals surface area (Å²) in [6.45, 7) is 7.24. The van der Waals surface area contributed by atoms with Gasteiger partial charge in [-0.25, -0.2) is 0 Å². The van der Waals surface area contributed by atoms with Crippen LogP contribution in [0.15, 0.2) is 23.5 Å². The summed E-state index contributed by atoms with van der Waals surface area (Å²) in [6, 6.07) is 0. The maximum atomic E-state index is 11.0. The van der Waals surface area contributed by atoms with Gasteiger partial charge in [0.15, 0.2) is 5.78 Å². The minimum absolute atomic E-state index is 0.0174. The van der Waals surface area contributed by atoms with Crippen LogP contribution in [0.4, 0.5) is 0 Å². The van der Waals surface area contributed by atoms with Gasteiger partial charge in [-0.1, -0.05) is 12.2 Å². The molecule has 1 aliphatic carbocycles. The predicted octanol–water partition coefficient (Wildman–Crippen LogP) is 2.37. The second-order valence-electron chi connectivity index (χ2n) is 3.43. The molecule has 0 unspecified atom stereocenters. The van der Waals surface area contributed by atoms with E-state index in [1.54, 1.807) is 0 Å². The van der Waals surface area contributed by atoms with E-state index in [1.165, 1.54) is 6.92 Å². The van der Waals surface area contributed by atoms with E-state index in [4.69, 9.17) is 0 Å². The Morgan fingerprint density at radius 1 is 1.50 bits per heavy atom. The molecule has 0 spiro atoms. The predicted molar refractivity (Wildman–Crippen MR) is 47.9 cm³/mol.